The number of aromatic nitrogens is 2. The minimum absolute atomic E-state index is 0.0188. The van der Waals surface area contributed by atoms with Gasteiger partial charge < -0.3 is 22.1 Å². The Morgan fingerprint density at radius 1 is 1.16 bits per heavy atom. The summed E-state index contributed by atoms with van der Waals surface area (Å²) in [6.45, 7) is 5.74. The molecule has 164 valence electrons. The molecule has 0 aliphatic heterocycles. The maximum Gasteiger partial charge on any atom is 0.315 e. The molecule has 1 aromatic carbocycles. The van der Waals surface area contributed by atoms with Crippen molar-refractivity contribution in [2.75, 3.05) is 11.1 Å². The SMILES string of the molecule is Cc1ccncc1-c1cc(N)c2cnc(NC(=O)C(=O)NC(C=NC(C)C)=CN)cc2c1. The van der Waals surface area contributed by atoms with Crippen LogP contribution in [0.3, 0.4) is 0 Å². The summed E-state index contributed by atoms with van der Waals surface area (Å²) in [7, 11) is 0. The third-order valence-corrected chi connectivity index (χ3v) is 4.62. The van der Waals surface area contributed by atoms with E-state index in [0.717, 1.165) is 33.7 Å². The lowest BCUT2D eigenvalue weighted by molar-refractivity contribution is -0.135. The molecule has 2 amide bonds. The number of amides is 2. The van der Waals surface area contributed by atoms with Crippen molar-refractivity contribution in [3.05, 3.63) is 60.3 Å². The number of benzene rings is 1. The quantitative estimate of drug-likeness (QED) is 0.277. The number of aliphatic imine (C=N–C) groups is 1. The van der Waals surface area contributed by atoms with Crippen molar-refractivity contribution in [3.8, 4) is 11.1 Å². The largest absolute Gasteiger partial charge is 0.403 e. The third-order valence-electron chi connectivity index (χ3n) is 4.62. The summed E-state index contributed by atoms with van der Waals surface area (Å²) in [5, 5.41) is 6.39. The summed E-state index contributed by atoms with van der Waals surface area (Å²) < 4.78 is 0. The number of hydrogen-bond donors (Lipinski definition) is 4. The van der Waals surface area contributed by atoms with Gasteiger partial charge in [-0.25, -0.2) is 4.98 Å². The summed E-state index contributed by atoms with van der Waals surface area (Å²) in [5.74, 6) is -1.56. The topological polar surface area (TPSA) is 148 Å². The Balaban J connectivity index is 1.82. The fourth-order valence-electron chi connectivity index (χ4n) is 2.98. The summed E-state index contributed by atoms with van der Waals surface area (Å²) in [5.41, 5.74) is 15.4. The zero-order valence-corrected chi connectivity index (χ0v) is 18.1. The van der Waals surface area contributed by atoms with Crippen LogP contribution in [0.25, 0.3) is 21.9 Å². The highest BCUT2D eigenvalue weighted by Gasteiger charge is 2.16. The van der Waals surface area contributed by atoms with Crippen LogP contribution >= 0.6 is 0 Å². The van der Waals surface area contributed by atoms with E-state index in [4.69, 9.17) is 11.5 Å². The molecule has 0 saturated carbocycles. The standard InChI is InChI=1S/C23H25N7O2/c1-13(2)27-10-17(9-24)29-22(31)23(32)30-21-8-16-6-15(7-20(25)19(16)12-28-21)18-11-26-5-4-14(18)3/h4-13H,24-25H2,1-3H3,(H,29,31)(H,28,30,32). The van der Waals surface area contributed by atoms with Gasteiger partial charge in [0.15, 0.2) is 0 Å². The lowest BCUT2D eigenvalue weighted by Gasteiger charge is -2.11. The van der Waals surface area contributed by atoms with E-state index < -0.39 is 11.8 Å². The number of rotatable bonds is 5. The van der Waals surface area contributed by atoms with E-state index in [1.165, 1.54) is 6.21 Å². The highest BCUT2D eigenvalue weighted by Crippen LogP contribution is 2.31. The molecular weight excluding hydrogens is 406 g/mol. The lowest BCUT2D eigenvalue weighted by atomic mass is 9.99. The molecule has 0 radical (unpaired) electrons. The van der Waals surface area contributed by atoms with Crippen molar-refractivity contribution in [1.82, 2.24) is 15.3 Å². The Labute approximate surface area is 185 Å². The predicted octanol–water partition coefficient (Wildman–Crippen LogP) is 2.52. The van der Waals surface area contributed by atoms with Gasteiger partial charge in [0.2, 0.25) is 0 Å². The summed E-state index contributed by atoms with van der Waals surface area (Å²) in [6.07, 6.45) is 7.62. The normalized spacial score (nSPS) is 11.8. The number of pyridine rings is 2. The van der Waals surface area contributed by atoms with E-state index in [-0.39, 0.29) is 17.6 Å². The molecule has 3 aromatic rings. The van der Waals surface area contributed by atoms with Gasteiger partial charge in [-0.1, -0.05) is 0 Å². The average Bonchev–Trinajstić information content (AvgIpc) is 2.76. The molecule has 0 spiro atoms. The van der Waals surface area contributed by atoms with Crippen LogP contribution in [-0.4, -0.2) is 34.0 Å². The van der Waals surface area contributed by atoms with E-state index in [2.05, 4.69) is 25.6 Å². The molecule has 0 aliphatic carbocycles. The lowest BCUT2D eigenvalue weighted by Crippen LogP contribution is -2.35. The first kappa shape index (κ1) is 22.4. The number of nitrogen functional groups attached to an aromatic ring is 1. The van der Waals surface area contributed by atoms with Gasteiger partial charge in [0, 0.05) is 53.7 Å². The minimum Gasteiger partial charge on any atom is -0.403 e. The van der Waals surface area contributed by atoms with Crippen molar-refractivity contribution in [2.45, 2.75) is 26.8 Å². The number of nitrogens with one attached hydrogen (secondary N) is 2. The van der Waals surface area contributed by atoms with Crippen molar-refractivity contribution >= 4 is 40.3 Å². The molecule has 6 N–H and O–H groups in total. The number of allylic oxidation sites excluding steroid dienone is 1. The highest BCUT2D eigenvalue weighted by molar-refractivity contribution is 6.40. The molecule has 32 heavy (non-hydrogen) atoms. The van der Waals surface area contributed by atoms with Gasteiger partial charge in [0.25, 0.3) is 0 Å². The van der Waals surface area contributed by atoms with Crippen LogP contribution in [0, 0.1) is 6.92 Å². The van der Waals surface area contributed by atoms with Crippen molar-refractivity contribution < 1.29 is 9.59 Å². The molecule has 2 aromatic heterocycles. The molecular formula is C23H25N7O2. The molecule has 0 atom stereocenters. The molecule has 0 bridgehead atoms. The molecule has 0 saturated heterocycles. The number of carbonyl (C=O) groups is 2. The number of carbonyl (C=O) groups excluding carboxylic acids is 2. The molecule has 0 unspecified atom stereocenters. The Bertz CT molecular complexity index is 1230. The molecule has 3 rings (SSSR count). The molecule has 0 fully saturated rings. The monoisotopic (exact) mass is 431 g/mol. The second-order valence-corrected chi connectivity index (χ2v) is 7.45. The fraction of sp³-hybridized carbons (Fsp3) is 0.174. The first-order chi connectivity index (χ1) is 15.3. The van der Waals surface area contributed by atoms with E-state index in [9.17, 15) is 9.59 Å². The van der Waals surface area contributed by atoms with E-state index in [0.29, 0.717) is 5.69 Å². The predicted molar refractivity (Wildman–Crippen MR) is 127 cm³/mol. The summed E-state index contributed by atoms with van der Waals surface area (Å²) >= 11 is 0. The van der Waals surface area contributed by atoms with Crippen LogP contribution < -0.4 is 22.1 Å². The number of nitrogens with two attached hydrogens (primary N) is 2. The zero-order valence-electron chi connectivity index (χ0n) is 18.1. The smallest absolute Gasteiger partial charge is 0.315 e. The molecule has 0 aliphatic rings. The molecule has 9 nitrogen and oxygen atoms in total. The second-order valence-electron chi connectivity index (χ2n) is 7.45. The third kappa shape index (κ3) is 5.25. The Hall–Kier alpha value is -4.27. The Kier molecular flexibility index (Phi) is 6.79. The minimum atomic E-state index is -0.891. The number of fused-ring (bicyclic) bond motifs is 1. The van der Waals surface area contributed by atoms with Crippen molar-refractivity contribution in [1.29, 1.82) is 0 Å². The zero-order chi connectivity index (χ0) is 23.3. The number of aryl methyl sites for hydroxylation is 1. The van der Waals surface area contributed by atoms with Crippen LogP contribution in [0.2, 0.25) is 0 Å². The van der Waals surface area contributed by atoms with Gasteiger partial charge in [0.1, 0.15) is 5.82 Å². The maximum absolute atomic E-state index is 12.3. The average molecular weight is 432 g/mol. The van der Waals surface area contributed by atoms with Crippen LogP contribution in [0.5, 0.6) is 0 Å². The summed E-state index contributed by atoms with van der Waals surface area (Å²) in [4.78, 5) is 37.1. The Morgan fingerprint density at radius 3 is 2.62 bits per heavy atom. The first-order valence-corrected chi connectivity index (χ1v) is 9.96. The fourth-order valence-corrected chi connectivity index (χ4v) is 2.98. The van der Waals surface area contributed by atoms with Gasteiger partial charge in [-0.3, -0.25) is 19.6 Å². The number of nitrogens with zero attached hydrogens (tertiary/aromatic N) is 3. The van der Waals surface area contributed by atoms with E-state index in [1.54, 1.807) is 24.7 Å². The van der Waals surface area contributed by atoms with E-state index in [1.807, 2.05) is 39.0 Å². The van der Waals surface area contributed by atoms with Crippen LogP contribution in [-0.2, 0) is 9.59 Å². The van der Waals surface area contributed by atoms with Gasteiger partial charge in [-0.05, 0) is 61.5 Å². The van der Waals surface area contributed by atoms with E-state index >= 15 is 0 Å². The summed E-state index contributed by atoms with van der Waals surface area (Å²) in [6, 6.07) is 7.39. The van der Waals surface area contributed by atoms with Gasteiger partial charge in [0.05, 0.1) is 5.70 Å². The molecule has 9 heteroatoms. The Morgan fingerprint density at radius 2 is 1.94 bits per heavy atom. The van der Waals surface area contributed by atoms with Crippen molar-refractivity contribution in [3.63, 3.8) is 0 Å². The number of anilines is 2. The van der Waals surface area contributed by atoms with Gasteiger partial charge in [-0.2, -0.15) is 0 Å². The first-order valence-electron chi connectivity index (χ1n) is 9.96. The van der Waals surface area contributed by atoms with Crippen molar-refractivity contribution in [2.24, 2.45) is 10.7 Å². The maximum atomic E-state index is 12.3. The highest BCUT2D eigenvalue weighted by atomic mass is 16.2. The van der Waals surface area contributed by atoms with Crippen LogP contribution in [0.4, 0.5) is 11.5 Å². The second kappa shape index (κ2) is 9.69. The van der Waals surface area contributed by atoms with Gasteiger partial charge >= 0.3 is 11.8 Å². The van der Waals surface area contributed by atoms with Crippen LogP contribution in [0.1, 0.15) is 19.4 Å². The van der Waals surface area contributed by atoms with Gasteiger partial charge in [-0.15, -0.1) is 0 Å². The molecule has 2 heterocycles. The number of hydrogen-bond acceptors (Lipinski definition) is 7. The van der Waals surface area contributed by atoms with Crippen LogP contribution in [0.15, 0.2) is 59.7 Å².